The lowest BCUT2D eigenvalue weighted by Gasteiger charge is -2.33. The highest BCUT2D eigenvalue weighted by Crippen LogP contribution is 2.21. The van der Waals surface area contributed by atoms with Crippen molar-refractivity contribution in [3.8, 4) is 0 Å². The summed E-state index contributed by atoms with van der Waals surface area (Å²) in [5.41, 5.74) is 2.12. The van der Waals surface area contributed by atoms with Crippen molar-refractivity contribution < 1.29 is 9.59 Å². The number of carbonyl (C=O) groups excluding carboxylic acids is 2. The van der Waals surface area contributed by atoms with Crippen molar-refractivity contribution in [2.75, 3.05) is 45.6 Å². The maximum absolute atomic E-state index is 12.6. The maximum Gasteiger partial charge on any atom is 0.319 e. The number of benzene rings is 1. The molecule has 2 aliphatic heterocycles. The van der Waals surface area contributed by atoms with Crippen LogP contribution in [0.5, 0.6) is 0 Å². The summed E-state index contributed by atoms with van der Waals surface area (Å²) in [5.74, 6) is 0.0451. The minimum atomic E-state index is -0.0246. The van der Waals surface area contributed by atoms with E-state index in [0.717, 1.165) is 25.1 Å². The number of urea groups is 1. The topological polar surface area (TPSA) is 55.9 Å². The number of nitrogens with zero attached hydrogens (tertiary/aromatic N) is 3. The van der Waals surface area contributed by atoms with E-state index in [0.29, 0.717) is 13.1 Å². The second kappa shape index (κ2) is 8.54. The largest absolute Gasteiger partial charge is 0.331 e. The first kappa shape index (κ1) is 18.7. The van der Waals surface area contributed by atoms with Gasteiger partial charge in [0.2, 0.25) is 5.91 Å². The monoisotopic (exact) mass is 358 g/mol. The Morgan fingerprint density at radius 3 is 2.46 bits per heavy atom. The quantitative estimate of drug-likeness (QED) is 0.900. The molecule has 0 bridgehead atoms. The van der Waals surface area contributed by atoms with Gasteiger partial charge in [0.1, 0.15) is 0 Å². The van der Waals surface area contributed by atoms with Crippen LogP contribution in [0.2, 0.25) is 0 Å². The van der Waals surface area contributed by atoms with Crippen LogP contribution in [0.15, 0.2) is 24.3 Å². The molecule has 0 unspecified atom stereocenters. The first-order valence-corrected chi connectivity index (χ1v) is 9.61. The molecular formula is C20H30N4O2. The van der Waals surface area contributed by atoms with Crippen molar-refractivity contribution in [1.29, 1.82) is 0 Å². The average Bonchev–Trinajstić information content (AvgIpc) is 3.14. The highest BCUT2D eigenvalue weighted by atomic mass is 16.2. The first-order valence-electron chi connectivity index (χ1n) is 9.61. The highest BCUT2D eigenvalue weighted by molar-refractivity contribution is 5.92. The zero-order chi connectivity index (χ0) is 18.5. The number of hydrogen-bond acceptors (Lipinski definition) is 3. The number of amides is 3. The van der Waals surface area contributed by atoms with Crippen LogP contribution in [0.4, 0.5) is 10.5 Å². The second-order valence-corrected chi connectivity index (χ2v) is 7.61. The fourth-order valence-electron chi connectivity index (χ4n) is 3.81. The molecule has 2 heterocycles. The third kappa shape index (κ3) is 4.75. The van der Waals surface area contributed by atoms with Crippen LogP contribution in [0.1, 0.15) is 31.2 Å². The van der Waals surface area contributed by atoms with Crippen LogP contribution in [0, 0.1) is 5.92 Å². The summed E-state index contributed by atoms with van der Waals surface area (Å²) in [6, 6.07) is 8.20. The number of anilines is 1. The first-order chi connectivity index (χ1) is 12.5. The summed E-state index contributed by atoms with van der Waals surface area (Å²) >= 11 is 0. The van der Waals surface area contributed by atoms with Crippen molar-refractivity contribution in [2.24, 2.45) is 5.92 Å². The predicted molar refractivity (Wildman–Crippen MR) is 103 cm³/mol. The Hall–Kier alpha value is -2.08. The Kier molecular flexibility index (Phi) is 6.14. The van der Waals surface area contributed by atoms with E-state index >= 15 is 0 Å². The van der Waals surface area contributed by atoms with Gasteiger partial charge in [-0.05, 0) is 56.5 Å². The lowest BCUT2D eigenvalue weighted by atomic mass is 9.96. The molecule has 0 saturated carbocycles. The molecule has 3 rings (SSSR count). The smallest absolute Gasteiger partial charge is 0.319 e. The molecule has 6 heteroatoms. The maximum atomic E-state index is 12.6. The van der Waals surface area contributed by atoms with Crippen molar-refractivity contribution in [3.63, 3.8) is 0 Å². The van der Waals surface area contributed by atoms with E-state index in [1.807, 2.05) is 17.0 Å². The molecule has 1 N–H and O–H groups in total. The molecule has 142 valence electrons. The van der Waals surface area contributed by atoms with Gasteiger partial charge in [-0.2, -0.15) is 0 Å². The van der Waals surface area contributed by atoms with Gasteiger partial charge < -0.3 is 15.1 Å². The van der Waals surface area contributed by atoms with E-state index in [4.69, 9.17) is 0 Å². The zero-order valence-electron chi connectivity index (χ0n) is 15.9. The van der Waals surface area contributed by atoms with Gasteiger partial charge >= 0.3 is 6.03 Å². The zero-order valence-corrected chi connectivity index (χ0v) is 15.9. The summed E-state index contributed by atoms with van der Waals surface area (Å²) in [4.78, 5) is 30.5. The fraction of sp³-hybridized carbons (Fsp3) is 0.600. The lowest BCUT2D eigenvalue weighted by Crippen LogP contribution is -2.45. The van der Waals surface area contributed by atoms with E-state index in [2.05, 4.69) is 22.3 Å². The number of hydrogen-bond donors (Lipinski definition) is 1. The Bertz CT molecular complexity index is 632. The Morgan fingerprint density at radius 2 is 1.81 bits per heavy atom. The molecule has 2 fully saturated rings. The summed E-state index contributed by atoms with van der Waals surface area (Å²) in [5, 5.41) is 3.07. The molecule has 1 aromatic carbocycles. The van der Waals surface area contributed by atoms with Gasteiger partial charge in [-0.1, -0.05) is 12.1 Å². The Morgan fingerprint density at radius 1 is 1.12 bits per heavy atom. The SMILES string of the molecule is CN(C)C(=O)N1CCC(C(=O)Nc2cccc(CN3CCCC3)c2)CC1. The lowest BCUT2D eigenvalue weighted by molar-refractivity contribution is -0.121. The molecule has 2 saturated heterocycles. The molecule has 1 aromatic rings. The third-order valence-electron chi connectivity index (χ3n) is 5.32. The van der Waals surface area contributed by atoms with E-state index in [-0.39, 0.29) is 17.9 Å². The molecule has 0 aromatic heterocycles. The van der Waals surface area contributed by atoms with Gasteiger partial charge in [-0.15, -0.1) is 0 Å². The highest BCUT2D eigenvalue weighted by Gasteiger charge is 2.28. The molecule has 0 radical (unpaired) electrons. The van der Waals surface area contributed by atoms with E-state index in [1.54, 1.807) is 19.0 Å². The summed E-state index contributed by atoms with van der Waals surface area (Å²) in [6.07, 6.45) is 4.01. The van der Waals surface area contributed by atoms with Gasteiger partial charge in [0.05, 0.1) is 0 Å². The van der Waals surface area contributed by atoms with Crippen LogP contribution in [-0.2, 0) is 11.3 Å². The molecule has 2 aliphatic rings. The summed E-state index contributed by atoms with van der Waals surface area (Å²) < 4.78 is 0. The molecule has 0 atom stereocenters. The van der Waals surface area contributed by atoms with Crippen LogP contribution in [0.25, 0.3) is 0 Å². The van der Waals surface area contributed by atoms with Crippen molar-refractivity contribution in [1.82, 2.24) is 14.7 Å². The van der Waals surface area contributed by atoms with Crippen molar-refractivity contribution in [3.05, 3.63) is 29.8 Å². The number of nitrogens with one attached hydrogen (secondary N) is 1. The molecule has 0 spiro atoms. The van der Waals surface area contributed by atoms with E-state index in [1.165, 1.54) is 31.5 Å². The molecular weight excluding hydrogens is 328 g/mol. The van der Waals surface area contributed by atoms with Crippen LogP contribution >= 0.6 is 0 Å². The van der Waals surface area contributed by atoms with Crippen LogP contribution in [-0.4, -0.2) is 66.9 Å². The van der Waals surface area contributed by atoms with E-state index < -0.39 is 0 Å². The number of carbonyl (C=O) groups is 2. The summed E-state index contributed by atoms with van der Waals surface area (Å²) in [7, 11) is 3.52. The predicted octanol–water partition coefficient (Wildman–Crippen LogP) is 2.61. The van der Waals surface area contributed by atoms with E-state index in [9.17, 15) is 9.59 Å². The van der Waals surface area contributed by atoms with Crippen LogP contribution < -0.4 is 5.32 Å². The molecule has 6 nitrogen and oxygen atoms in total. The van der Waals surface area contributed by atoms with Crippen LogP contribution in [0.3, 0.4) is 0 Å². The van der Waals surface area contributed by atoms with Gasteiger partial charge in [0.15, 0.2) is 0 Å². The Balaban J connectivity index is 1.51. The number of rotatable bonds is 4. The Labute approximate surface area is 156 Å². The molecule has 26 heavy (non-hydrogen) atoms. The fourth-order valence-corrected chi connectivity index (χ4v) is 3.81. The van der Waals surface area contributed by atoms with Gasteiger partial charge in [-0.3, -0.25) is 9.69 Å². The van der Waals surface area contributed by atoms with Gasteiger partial charge in [0.25, 0.3) is 0 Å². The van der Waals surface area contributed by atoms with Gasteiger partial charge in [-0.25, -0.2) is 4.79 Å². The second-order valence-electron chi connectivity index (χ2n) is 7.61. The van der Waals surface area contributed by atoms with Gasteiger partial charge in [0, 0.05) is 45.3 Å². The molecule has 0 aliphatic carbocycles. The number of piperidine rings is 1. The minimum absolute atomic E-state index is 0.0246. The number of likely N-dealkylation sites (tertiary alicyclic amines) is 2. The minimum Gasteiger partial charge on any atom is -0.331 e. The van der Waals surface area contributed by atoms with Crippen molar-refractivity contribution >= 4 is 17.6 Å². The summed E-state index contributed by atoms with van der Waals surface area (Å²) in [6.45, 7) is 4.57. The van der Waals surface area contributed by atoms with Crippen molar-refractivity contribution in [2.45, 2.75) is 32.2 Å². The standard InChI is InChI=1S/C20H30N4O2/c1-22(2)20(26)24-12-8-17(9-13-24)19(25)21-18-7-5-6-16(14-18)15-23-10-3-4-11-23/h5-7,14,17H,3-4,8-13,15H2,1-2H3,(H,21,25). The molecule has 3 amide bonds. The normalized spacial score (nSPS) is 18.8. The third-order valence-corrected chi connectivity index (χ3v) is 5.32. The average molecular weight is 358 g/mol.